The molecule has 2 aromatic rings. The van der Waals surface area contributed by atoms with Gasteiger partial charge in [0.2, 0.25) is 5.91 Å². The highest BCUT2D eigenvalue weighted by Crippen LogP contribution is 2.32. The molecule has 1 aliphatic rings. The van der Waals surface area contributed by atoms with Crippen LogP contribution in [0.3, 0.4) is 0 Å². The first kappa shape index (κ1) is 22.0. The van der Waals surface area contributed by atoms with Gasteiger partial charge in [-0.25, -0.2) is 4.79 Å². The van der Waals surface area contributed by atoms with Crippen molar-refractivity contribution in [3.8, 4) is 0 Å². The van der Waals surface area contributed by atoms with Crippen LogP contribution in [0.25, 0.3) is 0 Å². The molecule has 7 heteroatoms. The van der Waals surface area contributed by atoms with Crippen LogP contribution < -0.4 is 10.6 Å². The van der Waals surface area contributed by atoms with E-state index in [4.69, 9.17) is 4.74 Å². The third-order valence-corrected chi connectivity index (χ3v) is 5.75. The van der Waals surface area contributed by atoms with Crippen molar-refractivity contribution in [1.82, 2.24) is 5.32 Å². The molecular weight excluding hydrogens is 400 g/mol. The Morgan fingerprint density at radius 1 is 1.17 bits per heavy atom. The first-order valence-electron chi connectivity index (χ1n) is 10.1. The molecular formula is C23H28N2O4S. The fourth-order valence-corrected chi connectivity index (χ4v) is 3.96. The molecule has 3 rings (SSSR count). The molecule has 0 spiro atoms. The predicted octanol–water partition coefficient (Wildman–Crippen LogP) is 4.09. The lowest BCUT2D eigenvalue weighted by Crippen LogP contribution is -2.45. The summed E-state index contributed by atoms with van der Waals surface area (Å²) < 4.78 is 5.52. The Bertz CT molecular complexity index is 926. The van der Waals surface area contributed by atoms with Gasteiger partial charge in [0.15, 0.2) is 0 Å². The van der Waals surface area contributed by atoms with Crippen molar-refractivity contribution in [2.24, 2.45) is 5.92 Å². The van der Waals surface area contributed by atoms with E-state index in [-0.39, 0.29) is 17.7 Å². The summed E-state index contributed by atoms with van der Waals surface area (Å²) in [6, 6.07) is 10.5. The van der Waals surface area contributed by atoms with Gasteiger partial charge in [-0.3, -0.25) is 9.59 Å². The maximum atomic E-state index is 13.0. The van der Waals surface area contributed by atoms with E-state index in [0.717, 1.165) is 24.0 Å². The van der Waals surface area contributed by atoms with E-state index in [1.807, 2.05) is 37.3 Å². The number of hydrogen-bond acceptors (Lipinski definition) is 5. The summed E-state index contributed by atoms with van der Waals surface area (Å²) >= 11 is 1.22. The molecule has 2 N–H and O–H groups in total. The summed E-state index contributed by atoms with van der Waals surface area (Å²) in [5.74, 6) is -0.738. The van der Waals surface area contributed by atoms with Gasteiger partial charge >= 0.3 is 5.97 Å². The van der Waals surface area contributed by atoms with Crippen molar-refractivity contribution in [2.45, 2.75) is 58.6 Å². The third kappa shape index (κ3) is 6.16. The lowest BCUT2D eigenvalue weighted by Gasteiger charge is -2.24. The summed E-state index contributed by atoms with van der Waals surface area (Å²) in [7, 11) is 0. The minimum absolute atomic E-state index is 0.00100. The van der Waals surface area contributed by atoms with E-state index < -0.39 is 17.6 Å². The highest BCUT2D eigenvalue weighted by molar-refractivity contribution is 7.18. The van der Waals surface area contributed by atoms with E-state index in [9.17, 15) is 14.4 Å². The van der Waals surface area contributed by atoms with Crippen LogP contribution in [0.4, 0.5) is 5.00 Å². The molecule has 0 bridgehead atoms. The van der Waals surface area contributed by atoms with Crippen molar-refractivity contribution in [1.29, 1.82) is 0 Å². The second kappa shape index (κ2) is 9.00. The highest BCUT2D eigenvalue weighted by atomic mass is 32.1. The number of amides is 2. The van der Waals surface area contributed by atoms with Crippen LogP contribution in [0, 0.1) is 12.8 Å². The van der Waals surface area contributed by atoms with Gasteiger partial charge in [0.1, 0.15) is 11.6 Å². The van der Waals surface area contributed by atoms with E-state index in [1.54, 1.807) is 26.8 Å². The average molecular weight is 429 g/mol. The van der Waals surface area contributed by atoms with Crippen LogP contribution in [0.5, 0.6) is 0 Å². The topological polar surface area (TPSA) is 84.5 Å². The van der Waals surface area contributed by atoms with Crippen molar-refractivity contribution in [3.63, 3.8) is 0 Å². The molecule has 1 aliphatic carbocycles. The third-order valence-electron chi connectivity index (χ3n) is 4.60. The van der Waals surface area contributed by atoms with Crippen LogP contribution in [-0.4, -0.2) is 29.4 Å². The standard InChI is InChI=1S/C23H28N2O4S/c1-14-12-18(25-20(26)16-10-11-16)30-19(14)21(27)24-17(22(28)29-23(2,3)4)13-15-8-6-5-7-9-15/h5-9,12,16-17H,10-11,13H2,1-4H3,(H,24,27)(H,25,26)/t17-/m1/s1. The largest absolute Gasteiger partial charge is 0.458 e. The summed E-state index contributed by atoms with van der Waals surface area (Å²) in [6.07, 6.45) is 2.17. The number of benzene rings is 1. The fourth-order valence-electron chi connectivity index (χ4n) is 2.98. The predicted molar refractivity (Wildman–Crippen MR) is 118 cm³/mol. The number of carbonyl (C=O) groups excluding carboxylic acids is 3. The van der Waals surface area contributed by atoms with Gasteiger partial charge in [-0.05, 0) is 57.7 Å². The average Bonchev–Trinajstić information content (AvgIpc) is 3.44. The maximum absolute atomic E-state index is 13.0. The molecule has 1 atom stereocenters. The van der Waals surface area contributed by atoms with Crippen molar-refractivity contribution in [3.05, 3.63) is 52.4 Å². The summed E-state index contributed by atoms with van der Waals surface area (Å²) in [5.41, 5.74) is 1.02. The number of esters is 1. The molecule has 2 amide bonds. The minimum Gasteiger partial charge on any atom is -0.458 e. The number of hydrogen-bond donors (Lipinski definition) is 2. The van der Waals surface area contributed by atoms with Gasteiger partial charge in [0.25, 0.3) is 5.91 Å². The molecule has 1 aromatic heterocycles. The first-order valence-corrected chi connectivity index (χ1v) is 10.9. The molecule has 0 saturated heterocycles. The van der Waals surface area contributed by atoms with Gasteiger partial charge in [0.05, 0.1) is 9.88 Å². The number of aryl methyl sites for hydroxylation is 1. The van der Waals surface area contributed by atoms with Crippen LogP contribution in [-0.2, 0) is 20.7 Å². The van der Waals surface area contributed by atoms with Crippen LogP contribution in [0.15, 0.2) is 36.4 Å². The number of ether oxygens (including phenoxy) is 1. The molecule has 1 saturated carbocycles. The fraction of sp³-hybridized carbons (Fsp3) is 0.435. The van der Waals surface area contributed by atoms with Crippen LogP contribution >= 0.6 is 11.3 Å². The van der Waals surface area contributed by atoms with Gasteiger partial charge in [0, 0.05) is 12.3 Å². The number of rotatable bonds is 7. The normalized spacial score (nSPS) is 14.7. The Morgan fingerprint density at radius 2 is 1.83 bits per heavy atom. The number of thiophene rings is 1. The zero-order chi connectivity index (χ0) is 21.9. The van der Waals surface area contributed by atoms with Gasteiger partial charge in [-0.2, -0.15) is 0 Å². The monoisotopic (exact) mass is 428 g/mol. The number of carbonyl (C=O) groups is 3. The molecule has 6 nitrogen and oxygen atoms in total. The Hall–Kier alpha value is -2.67. The Balaban J connectivity index is 1.74. The first-order chi connectivity index (χ1) is 14.1. The van der Waals surface area contributed by atoms with Gasteiger partial charge in [-0.1, -0.05) is 30.3 Å². The van der Waals surface area contributed by atoms with Crippen molar-refractivity contribution in [2.75, 3.05) is 5.32 Å². The number of anilines is 1. The van der Waals surface area contributed by atoms with E-state index in [1.165, 1.54) is 11.3 Å². The molecule has 1 fully saturated rings. The Morgan fingerprint density at radius 3 is 2.43 bits per heavy atom. The lowest BCUT2D eigenvalue weighted by molar-refractivity contribution is -0.157. The lowest BCUT2D eigenvalue weighted by atomic mass is 10.1. The zero-order valence-electron chi connectivity index (χ0n) is 17.8. The second-order valence-corrected chi connectivity index (χ2v) is 9.69. The maximum Gasteiger partial charge on any atom is 0.329 e. The van der Waals surface area contributed by atoms with Crippen molar-refractivity contribution < 1.29 is 19.1 Å². The smallest absolute Gasteiger partial charge is 0.329 e. The second-order valence-electron chi connectivity index (χ2n) is 8.64. The Kier molecular flexibility index (Phi) is 6.61. The number of nitrogens with one attached hydrogen (secondary N) is 2. The molecule has 0 radical (unpaired) electrons. The van der Waals surface area contributed by atoms with Crippen LogP contribution in [0.1, 0.15) is 54.4 Å². The van der Waals surface area contributed by atoms with E-state index in [0.29, 0.717) is 16.3 Å². The van der Waals surface area contributed by atoms with E-state index in [2.05, 4.69) is 10.6 Å². The summed E-state index contributed by atoms with van der Waals surface area (Å²) in [6.45, 7) is 7.21. The molecule has 1 aromatic carbocycles. The van der Waals surface area contributed by atoms with Crippen LogP contribution in [0.2, 0.25) is 0 Å². The van der Waals surface area contributed by atoms with E-state index >= 15 is 0 Å². The molecule has 160 valence electrons. The van der Waals surface area contributed by atoms with Gasteiger partial charge < -0.3 is 15.4 Å². The van der Waals surface area contributed by atoms with Crippen molar-refractivity contribution >= 4 is 34.1 Å². The Labute approximate surface area is 181 Å². The molecule has 30 heavy (non-hydrogen) atoms. The van der Waals surface area contributed by atoms with Gasteiger partial charge in [-0.15, -0.1) is 11.3 Å². The highest BCUT2D eigenvalue weighted by Gasteiger charge is 2.31. The summed E-state index contributed by atoms with van der Waals surface area (Å²) in [4.78, 5) is 38.2. The molecule has 1 heterocycles. The zero-order valence-corrected chi connectivity index (χ0v) is 18.6. The minimum atomic E-state index is -0.815. The molecule has 0 unspecified atom stereocenters. The summed E-state index contributed by atoms with van der Waals surface area (Å²) in [5, 5.41) is 6.35. The molecule has 0 aliphatic heterocycles. The quantitative estimate of drug-likeness (QED) is 0.651. The SMILES string of the molecule is Cc1cc(NC(=O)C2CC2)sc1C(=O)N[C@H](Cc1ccccc1)C(=O)OC(C)(C)C.